The highest BCUT2D eigenvalue weighted by molar-refractivity contribution is 7.18. The monoisotopic (exact) mass is 269 g/mol. The Kier molecular flexibility index (Phi) is 3.04. The standard InChI is InChI=1S/C12H16ClN3S/c1-6-7(2)17-10-8(6)9(13)14-11(15-10)16-12(3,4)5/h1-5H3,(H,14,15,16). The van der Waals surface area contributed by atoms with Crippen molar-refractivity contribution in [3.8, 4) is 0 Å². The minimum atomic E-state index is -0.0711. The second-order valence-corrected chi connectivity index (χ2v) is 6.74. The Hall–Kier alpha value is -0.870. The van der Waals surface area contributed by atoms with Gasteiger partial charge < -0.3 is 5.32 Å². The van der Waals surface area contributed by atoms with Crippen LogP contribution in [0.1, 0.15) is 31.2 Å². The van der Waals surface area contributed by atoms with Crippen molar-refractivity contribution in [2.75, 3.05) is 5.32 Å². The summed E-state index contributed by atoms with van der Waals surface area (Å²) in [6, 6.07) is 0. The first-order chi connectivity index (χ1) is 7.78. The van der Waals surface area contributed by atoms with Gasteiger partial charge in [0.25, 0.3) is 0 Å². The van der Waals surface area contributed by atoms with E-state index in [9.17, 15) is 0 Å². The number of fused-ring (bicyclic) bond motifs is 1. The highest BCUT2D eigenvalue weighted by atomic mass is 35.5. The number of hydrogen-bond donors (Lipinski definition) is 1. The fraction of sp³-hybridized carbons (Fsp3) is 0.500. The van der Waals surface area contributed by atoms with Gasteiger partial charge in [0.15, 0.2) is 0 Å². The van der Waals surface area contributed by atoms with E-state index in [0.29, 0.717) is 11.1 Å². The number of halogens is 1. The molecule has 17 heavy (non-hydrogen) atoms. The molecule has 0 radical (unpaired) electrons. The molecule has 1 N–H and O–H groups in total. The normalized spacial score (nSPS) is 12.1. The Morgan fingerprint density at radius 1 is 1.18 bits per heavy atom. The van der Waals surface area contributed by atoms with E-state index in [4.69, 9.17) is 11.6 Å². The maximum absolute atomic E-state index is 6.23. The van der Waals surface area contributed by atoms with Gasteiger partial charge >= 0.3 is 0 Å². The molecular weight excluding hydrogens is 254 g/mol. The van der Waals surface area contributed by atoms with Gasteiger partial charge in [0.2, 0.25) is 5.95 Å². The highest BCUT2D eigenvalue weighted by Gasteiger charge is 2.16. The molecule has 0 saturated heterocycles. The predicted octanol–water partition coefficient (Wildman–Crippen LogP) is 4.17. The first-order valence-electron chi connectivity index (χ1n) is 5.49. The summed E-state index contributed by atoms with van der Waals surface area (Å²) in [6.07, 6.45) is 0. The lowest BCUT2D eigenvalue weighted by Crippen LogP contribution is -2.27. The Balaban J connectivity index is 2.56. The van der Waals surface area contributed by atoms with Crippen LogP contribution in [0.2, 0.25) is 5.15 Å². The van der Waals surface area contributed by atoms with Crippen LogP contribution in [0.15, 0.2) is 0 Å². The van der Waals surface area contributed by atoms with E-state index in [0.717, 1.165) is 10.2 Å². The average molecular weight is 270 g/mol. The molecule has 5 heteroatoms. The van der Waals surface area contributed by atoms with Gasteiger partial charge in [0.1, 0.15) is 9.98 Å². The molecule has 0 aliphatic carbocycles. The van der Waals surface area contributed by atoms with Crippen LogP contribution >= 0.6 is 22.9 Å². The van der Waals surface area contributed by atoms with Gasteiger partial charge in [-0.2, -0.15) is 0 Å². The Morgan fingerprint density at radius 3 is 2.41 bits per heavy atom. The van der Waals surface area contributed by atoms with Crippen LogP contribution in [-0.2, 0) is 0 Å². The van der Waals surface area contributed by atoms with E-state index < -0.39 is 0 Å². The molecule has 0 fully saturated rings. The third-order valence-corrected chi connectivity index (χ3v) is 3.85. The number of aryl methyl sites for hydroxylation is 2. The maximum Gasteiger partial charge on any atom is 0.225 e. The molecule has 0 bridgehead atoms. The molecule has 2 heterocycles. The summed E-state index contributed by atoms with van der Waals surface area (Å²) < 4.78 is 0. The summed E-state index contributed by atoms with van der Waals surface area (Å²) in [5.41, 5.74) is 1.11. The van der Waals surface area contributed by atoms with Crippen LogP contribution in [0.3, 0.4) is 0 Å². The molecule has 2 aromatic heterocycles. The minimum Gasteiger partial charge on any atom is -0.350 e. The fourth-order valence-electron chi connectivity index (χ4n) is 1.59. The van der Waals surface area contributed by atoms with E-state index in [1.807, 2.05) is 0 Å². The summed E-state index contributed by atoms with van der Waals surface area (Å²) in [7, 11) is 0. The van der Waals surface area contributed by atoms with Crippen molar-refractivity contribution in [3.63, 3.8) is 0 Å². The summed E-state index contributed by atoms with van der Waals surface area (Å²) >= 11 is 7.88. The number of aromatic nitrogens is 2. The smallest absolute Gasteiger partial charge is 0.225 e. The summed E-state index contributed by atoms with van der Waals surface area (Å²) in [4.78, 5) is 11.0. The third kappa shape index (κ3) is 2.53. The van der Waals surface area contributed by atoms with Crippen molar-refractivity contribution in [2.24, 2.45) is 0 Å². The molecule has 0 amide bonds. The summed E-state index contributed by atoms with van der Waals surface area (Å²) in [5.74, 6) is 0.594. The van der Waals surface area contributed by atoms with E-state index in [2.05, 4.69) is 49.9 Å². The molecule has 0 aliphatic rings. The SMILES string of the molecule is Cc1sc2nc(NC(C)(C)C)nc(Cl)c2c1C. The zero-order valence-corrected chi connectivity index (χ0v) is 12.3. The number of nitrogens with zero attached hydrogens (tertiary/aromatic N) is 2. The van der Waals surface area contributed by atoms with Gasteiger partial charge in [-0.1, -0.05) is 11.6 Å². The van der Waals surface area contributed by atoms with Crippen LogP contribution in [0, 0.1) is 13.8 Å². The Labute approximate surface area is 110 Å². The van der Waals surface area contributed by atoms with Gasteiger partial charge in [0.05, 0.1) is 5.39 Å². The molecule has 0 aromatic carbocycles. The van der Waals surface area contributed by atoms with Crippen molar-refractivity contribution in [2.45, 2.75) is 40.2 Å². The van der Waals surface area contributed by atoms with Crippen molar-refractivity contribution in [1.29, 1.82) is 0 Å². The molecule has 0 saturated carbocycles. The largest absolute Gasteiger partial charge is 0.350 e. The summed E-state index contributed by atoms with van der Waals surface area (Å²) in [6.45, 7) is 10.3. The zero-order chi connectivity index (χ0) is 12.8. The van der Waals surface area contributed by atoms with E-state index in [1.54, 1.807) is 11.3 Å². The number of hydrogen-bond acceptors (Lipinski definition) is 4. The van der Waals surface area contributed by atoms with Crippen LogP contribution in [0.4, 0.5) is 5.95 Å². The van der Waals surface area contributed by atoms with E-state index in [1.165, 1.54) is 10.4 Å². The molecule has 2 rings (SSSR count). The predicted molar refractivity (Wildman–Crippen MR) is 75.3 cm³/mol. The van der Waals surface area contributed by atoms with Gasteiger partial charge in [-0.15, -0.1) is 11.3 Å². The molecule has 2 aromatic rings. The number of thiophene rings is 1. The second kappa shape index (κ2) is 4.10. The van der Waals surface area contributed by atoms with Crippen LogP contribution in [-0.4, -0.2) is 15.5 Å². The molecule has 0 atom stereocenters. The molecular formula is C12H16ClN3S. The molecule has 3 nitrogen and oxygen atoms in total. The Bertz CT molecular complexity index is 569. The molecule has 0 spiro atoms. The topological polar surface area (TPSA) is 37.8 Å². The zero-order valence-electron chi connectivity index (χ0n) is 10.7. The molecule has 0 unspecified atom stereocenters. The van der Waals surface area contributed by atoms with E-state index >= 15 is 0 Å². The van der Waals surface area contributed by atoms with Crippen LogP contribution in [0.5, 0.6) is 0 Å². The lowest BCUT2D eigenvalue weighted by molar-refractivity contribution is 0.627. The number of nitrogens with one attached hydrogen (secondary N) is 1. The first kappa shape index (κ1) is 12.6. The average Bonchev–Trinajstić information content (AvgIpc) is 2.39. The summed E-state index contributed by atoms with van der Waals surface area (Å²) in [5, 5.41) is 4.75. The first-order valence-corrected chi connectivity index (χ1v) is 6.69. The number of anilines is 1. The molecule has 92 valence electrons. The van der Waals surface area contributed by atoms with Crippen molar-refractivity contribution in [1.82, 2.24) is 9.97 Å². The van der Waals surface area contributed by atoms with Crippen LogP contribution in [0.25, 0.3) is 10.2 Å². The van der Waals surface area contributed by atoms with Gasteiger partial charge in [0, 0.05) is 10.4 Å². The van der Waals surface area contributed by atoms with Crippen molar-refractivity contribution >= 4 is 39.1 Å². The third-order valence-electron chi connectivity index (χ3n) is 2.47. The Morgan fingerprint density at radius 2 is 1.82 bits per heavy atom. The van der Waals surface area contributed by atoms with Gasteiger partial charge in [-0.25, -0.2) is 9.97 Å². The van der Waals surface area contributed by atoms with Crippen LogP contribution < -0.4 is 5.32 Å². The lowest BCUT2D eigenvalue weighted by atomic mass is 10.1. The highest BCUT2D eigenvalue weighted by Crippen LogP contribution is 2.33. The fourth-order valence-corrected chi connectivity index (χ4v) is 2.99. The van der Waals surface area contributed by atoms with Crippen molar-refractivity contribution < 1.29 is 0 Å². The van der Waals surface area contributed by atoms with Crippen molar-refractivity contribution in [3.05, 3.63) is 15.6 Å². The minimum absolute atomic E-state index is 0.0711. The maximum atomic E-state index is 6.23. The van der Waals surface area contributed by atoms with E-state index in [-0.39, 0.29) is 5.54 Å². The quantitative estimate of drug-likeness (QED) is 0.790. The lowest BCUT2D eigenvalue weighted by Gasteiger charge is -2.20. The second-order valence-electron chi connectivity index (χ2n) is 5.18. The van der Waals surface area contributed by atoms with Gasteiger partial charge in [-0.3, -0.25) is 0 Å². The number of rotatable bonds is 1. The molecule has 0 aliphatic heterocycles. The van der Waals surface area contributed by atoms with Gasteiger partial charge in [-0.05, 0) is 40.2 Å².